The smallest absolute Gasteiger partial charge is 0.264 e. The highest BCUT2D eigenvalue weighted by Gasteiger charge is 2.52. The Balaban J connectivity index is 1.57. The Morgan fingerprint density at radius 3 is 2.74 bits per heavy atom. The van der Waals surface area contributed by atoms with Gasteiger partial charge in [-0.1, -0.05) is 47.6 Å². The first-order valence-corrected chi connectivity index (χ1v) is 14.8. The molecule has 42 heavy (non-hydrogen) atoms. The average molecular weight is 577 g/mol. The second-order valence-electron chi connectivity index (χ2n) is 11.4. The zero-order valence-corrected chi connectivity index (χ0v) is 25.2. The second kappa shape index (κ2) is 14.0. The molecule has 0 aliphatic carbocycles. The summed E-state index contributed by atoms with van der Waals surface area (Å²) in [4.78, 5) is 30.0. The molecule has 10 nitrogen and oxygen atoms in total. The molecule has 3 N–H and O–H groups in total. The molecule has 2 aromatic rings. The Labute approximate surface area is 248 Å². The molecule has 2 amide bonds. The van der Waals surface area contributed by atoms with Gasteiger partial charge in [-0.05, 0) is 58.2 Å². The molecule has 1 saturated heterocycles. The topological polar surface area (TPSA) is 124 Å². The highest BCUT2D eigenvalue weighted by Crippen LogP contribution is 2.46. The molecule has 2 aliphatic heterocycles. The van der Waals surface area contributed by atoms with Crippen LogP contribution in [0.3, 0.4) is 0 Å². The summed E-state index contributed by atoms with van der Waals surface area (Å²) in [7, 11) is 0. The van der Waals surface area contributed by atoms with Gasteiger partial charge in [0.2, 0.25) is 5.91 Å². The van der Waals surface area contributed by atoms with Crippen molar-refractivity contribution in [1.29, 1.82) is 0 Å². The normalized spacial score (nSPS) is 20.0. The summed E-state index contributed by atoms with van der Waals surface area (Å²) in [5.74, 6) is -0.924. The van der Waals surface area contributed by atoms with E-state index >= 15 is 0 Å². The number of anilines is 2. The lowest BCUT2D eigenvalue weighted by atomic mass is 9.82. The van der Waals surface area contributed by atoms with Gasteiger partial charge < -0.3 is 25.3 Å². The van der Waals surface area contributed by atoms with E-state index in [2.05, 4.69) is 48.6 Å². The lowest BCUT2D eigenvalue weighted by Gasteiger charge is -2.30. The number of nitrogens with zero attached hydrogens (tertiary/aromatic N) is 5. The fraction of sp³-hybridized carbons (Fsp3) is 0.500. The van der Waals surface area contributed by atoms with Gasteiger partial charge in [-0.25, -0.2) is 0 Å². The van der Waals surface area contributed by atoms with Crippen molar-refractivity contribution in [2.75, 3.05) is 42.6 Å². The minimum absolute atomic E-state index is 0.0248. The van der Waals surface area contributed by atoms with Crippen LogP contribution in [-0.4, -0.2) is 69.8 Å². The monoisotopic (exact) mass is 576 g/mol. The molecule has 2 atom stereocenters. The summed E-state index contributed by atoms with van der Waals surface area (Å²) in [5, 5.41) is 32.4. The fourth-order valence-corrected chi connectivity index (χ4v) is 5.42. The van der Waals surface area contributed by atoms with E-state index in [9.17, 15) is 14.7 Å². The van der Waals surface area contributed by atoms with E-state index in [1.54, 1.807) is 14.5 Å². The van der Waals surface area contributed by atoms with E-state index in [0.717, 1.165) is 18.5 Å². The lowest BCUT2D eigenvalue weighted by Crippen LogP contribution is -2.48. The molecule has 10 heteroatoms. The van der Waals surface area contributed by atoms with Crippen molar-refractivity contribution in [3.05, 3.63) is 71.1 Å². The van der Waals surface area contributed by atoms with E-state index in [-0.39, 0.29) is 25.0 Å². The number of aromatic nitrogens is 3. The number of aliphatic hydroxyl groups excluding tert-OH is 1. The Morgan fingerprint density at radius 2 is 2.00 bits per heavy atom. The van der Waals surface area contributed by atoms with Crippen LogP contribution < -0.4 is 15.1 Å². The van der Waals surface area contributed by atoms with Crippen molar-refractivity contribution < 1.29 is 19.8 Å². The summed E-state index contributed by atoms with van der Waals surface area (Å²) in [5.41, 5.74) is 3.30. The quantitative estimate of drug-likeness (QED) is 0.313. The molecule has 0 radical (unpaired) electrons. The lowest BCUT2D eigenvalue weighted by molar-refractivity contribution is -0.139. The number of hydrogen-bond donors (Lipinski definition) is 3. The number of piperazine rings is 1. The highest BCUT2D eigenvalue weighted by molar-refractivity contribution is 6.08. The van der Waals surface area contributed by atoms with Crippen molar-refractivity contribution in [3.63, 3.8) is 0 Å². The fourth-order valence-electron chi connectivity index (χ4n) is 5.42. The van der Waals surface area contributed by atoms with Crippen LogP contribution in [0.25, 0.3) is 0 Å². The minimum atomic E-state index is -1.77. The molecule has 0 unspecified atom stereocenters. The van der Waals surface area contributed by atoms with Crippen LogP contribution in [-0.2, 0) is 28.2 Å². The predicted octanol–water partition coefficient (Wildman–Crippen LogP) is 3.26. The number of aliphatic hydroxyl groups is 2. The summed E-state index contributed by atoms with van der Waals surface area (Å²) < 4.78 is 1.72. The zero-order chi connectivity index (χ0) is 30.3. The van der Waals surface area contributed by atoms with Crippen molar-refractivity contribution in [2.24, 2.45) is 5.92 Å². The number of allylic oxidation sites excluding steroid dienone is 4. The maximum atomic E-state index is 14.0. The van der Waals surface area contributed by atoms with Gasteiger partial charge in [-0.3, -0.25) is 14.3 Å². The molecule has 4 rings (SSSR count). The maximum Gasteiger partial charge on any atom is 0.264 e. The Kier molecular flexibility index (Phi) is 10.5. The third-order valence-electron chi connectivity index (χ3n) is 7.93. The number of carbonyl (C=O) groups excluding carboxylic acids is 2. The first-order valence-electron chi connectivity index (χ1n) is 14.8. The molecule has 2 aliphatic rings. The van der Waals surface area contributed by atoms with Gasteiger partial charge in [0.25, 0.3) is 5.91 Å². The van der Waals surface area contributed by atoms with Crippen LogP contribution >= 0.6 is 0 Å². The zero-order valence-electron chi connectivity index (χ0n) is 25.2. The van der Waals surface area contributed by atoms with Crippen LogP contribution in [0.4, 0.5) is 11.4 Å². The van der Waals surface area contributed by atoms with Crippen LogP contribution in [0.5, 0.6) is 0 Å². The summed E-state index contributed by atoms with van der Waals surface area (Å²) in [6, 6.07) is 5.53. The molecule has 1 aromatic carbocycles. The minimum Gasteiger partial charge on any atom is -0.396 e. The summed E-state index contributed by atoms with van der Waals surface area (Å²) in [6.45, 7) is 10.5. The third-order valence-corrected chi connectivity index (χ3v) is 7.93. The molecule has 3 heterocycles. The SMILES string of the molecule is CC(C)=CCC/C(C)=C/CN1C(=O)[C@@](O)([C@@H](C)/C=C/CCn2cc(CCO)nn2)c2cc(N3CCNCC3=O)ccc21. The van der Waals surface area contributed by atoms with Crippen LogP contribution in [0.1, 0.15) is 58.2 Å². The molecule has 0 bridgehead atoms. The molecule has 0 saturated carbocycles. The first-order chi connectivity index (χ1) is 20.1. The number of hydrogen-bond acceptors (Lipinski definition) is 7. The number of carbonyl (C=O) groups is 2. The first kappa shape index (κ1) is 31.3. The Bertz CT molecular complexity index is 1360. The largest absolute Gasteiger partial charge is 0.396 e. The van der Waals surface area contributed by atoms with Gasteiger partial charge in [0, 0.05) is 62.6 Å². The van der Waals surface area contributed by atoms with Crippen LogP contribution in [0.15, 0.2) is 59.8 Å². The van der Waals surface area contributed by atoms with E-state index in [1.807, 2.05) is 43.5 Å². The maximum absolute atomic E-state index is 14.0. The van der Waals surface area contributed by atoms with E-state index in [0.29, 0.717) is 56.0 Å². The second-order valence-corrected chi connectivity index (χ2v) is 11.4. The number of fused-ring (bicyclic) bond motifs is 1. The van der Waals surface area contributed by atoms with Crippen molar-refractivity contribution in [3.8, 4) is 0 Å². The molecule has 226 valence electrons. The van der Waals surface area contributed by atoms with Gasteiger partial charge in [0.15, 0.2) is 5.60 Å². The number of rotatable bonds is 13. The molecule has 1 fully saturated rings. The number of nitrogens with one attached hydrogen (secondary N) is 1. The molecule has 0 spiro atoms. The number of benzene rings is 1. The number of aryl methyl sites for hydroxylation is 1. The predicted molar refractivity (Wildman–Crippen MR) is 164 cm³/mol. The third kappa shape index (κ3) is 7.06. The van der Waals surface area contributed by atoms with E-state index in [4.69, 9.17) is 5.11 Å². The highest BCUT2D eigenvalue weighted by atomic mass is 16.3. The van der Waals surface area contributed by atoms with Crippen LogP contribution in [0.2, 0.25) is 0 Å². The molecular weight excluding hydrogens is 532 g/mol. The van der Waals surface area contributed by atoms with Gasteiger partial charge in [0.05, 0.1) is 17.9 Å². The van der Waals surface area contributed by atoms with E-state index < -0.39 is 11.5 Å². The van der Waals surface area contributed by atoms with Gasteiger partial charge in [0.1, 0.15) is 0 Å². The van der Waals surface area contributed by atoms with Crippen LogP contribution in [0, 0.1) is 5.92 Å². The molecule has 1 aromatic heterocycles. The summed E-state index contributed by atoms with van der Waals surface area (Å²) >= 11 is 0. The Hall–Kier alpha value is -3.60. The van der Waals surface area contributed by atoms with Gasteiger partial charge in [-0.2, -0.15) is 0 Å². The standard InChI is InChI=1S/C32H44N6O4/c1-23(2)8-7-9-24(3)13-17-38-29-12-11-27(37-18-15-33-21-30(37)40)20-28(29)32(42,31(38)41)25(4)10-5-6-16-36-22-26(14-19-39)34-35-36/h5,8,10-13,20,22,25,33,39,42H,6-7,9,14-19,21H2,1-4H3/b10-5+,24-13+/t25-,32+/m0/s1. The van der Waals surface area contributed by atoms with Crippen molar-refractivity contribution >= 4 is 23.2 Å². The summed E-state index contributed by atoms with van der Waals surface area (Å²) in [6.07, 6.45) is 12.8. The molecular formula is C32H44N6O4. The van der Waals surface area contributed by atoms with E-state index in [1.165, 1.54) is 11.1 Å². The van der Waals surface area contributed by atoms with Crippen molar-refractivity contribution in [1.82, 2.24) is 20.3 Å². The van der Waals surface area contributed by atoms with Gasteiger partial charge in [-0.15, -0.1) is 5.10 Å². The Morgan fingerprint density at radius 1 is 1.19 bits per heavy atom. The average Bonchev–Trinajstić information content (AvgIpc) is 3.50. The van der Waals surface area contributed by atoms with Crippen molar-refractivity contribution in [2.45, 2.75) is 65.5 Å². The van der Waals surface area contributed by atoms with Gasteiger partial charge >= 0.3 is 0 Å². The number of amides is 2.